The Kier molecular flexibility index (Phi) is 4.34. The van der Waals surface area contributed by atoms with Gasteiger partial charge < -0.3 is 4.55 Å². The van der Waals surface area contributed by atoms with E-state index in [9.17, 15) is 21.8 Å². The average Bonchev–Trinajstić information content (AvgIpc) is 2.16. The minimum Gasteiger partial charge on any atom is -0.301 e. The maximum atomic E-state index is 13.0. The Morgan fingerprint density at radius 1 is 1.38 bits per heavy atom. The predicted octanol–water partition coefficient (Wildman–Crippen LogP) is 2.87. The fourth-order valence-corrected chi connectivity index (χ4v) is 2.07. The summed E-state index contributed by atoms with van der Waals surface area (Å²) in [7, 11) is 0. The Bertz CT molecular complexity index is 411. The largest absolute Gasteiger partial charge is 0.354 e. The molecular formula is C8H6F4O2S2. The van der Waals surface area contributed by atoms with E-state index in [2.05, 4.69) is 0 Å². The molecule has 0 amide bonds. The highest BCUT2D eigenvalue weighted by Gasteiger charge is 2.36. The predicted molar refractivity (Wildman–Crippen MR) is 52.8 cm³/mol. The molecule has 1 aromatic rings. The van der Waals surface area contributed by atoms with Crippen molar-refractivity contribution in [1.82, 2.24) is 0 Å². The van der Waals surface area contributed by atoms with Crippen molar-refractivity contribution in [3.05, 3.63) is 29.8 Å². The van der Waals surface area contributed by atoms with Gasteiger partial charge in [0.15, 0.2) is 0 Å². The first-order valence-corrected chi connectivity index (χ1v) is 5.99. The molecule has 0 radical (unpaired) electrons. The SMILES string of the molecule is O=S(O)C(F)(F)CSc1ccc(F)cc1F. The third-order valence-electron chi connectivity index (χ3n) is 1.55. The Morgan fingerprint density at radius 2 is 2.00 bits per heavy atom. The maximum Gasteiger partial charge on any atom is 0.354 e. The molecule has 0 aliphatic heterocycles. The van der Waals surface area contributed by atoms with E-state index in [1.54, 1.807) is 0 Å². The molecule has 1 N–H and O–H groups in total. The van der Waals surface area contributed by atoms with Crippen LogP contribution in [-0.4, -0.2) is 19.8 Å². The minimum absolute atomic E-state index is 0.202. The summed E-state index contributed by atoms with van der Waals surface area (Å²) in [5.74, 6) is -2.86. The first kappa shape index (κ1) is 13.5. The lowest BCUT2D eigenvalue weighted by atomic mass is 10.3. The Balaban J connectivity index is 2.72. The van der Waals surface area contributed by atoms with Crippen molar-refractivity contribution in [3.63, 3.8) is 0 Å². The molecule has 0 bridgehead atoms. The normalized spacial score (nSPS) is 13.8. The van der Waals surface area contributed by atoms with Gasteiger partial charge in [0, 0.05) is 11.0 Å². The molecule has 0 aromatic heterocycles. The van der Waals surface area contributed by atoms with Crippen LogP contribution in [0, 0.1) is 11.6 Å². The standard InChI is InChI=1S/C8H6F4O2S2/c9-5-1-2-7(6(10)3-5)15-4-8(11,12)16(13)14/h1-3H,4H2,(H,13,14). The van der Waals surface area contributed by atoms with E-state index in [4.69, 9.17) is 4.55 Å². The highest BCUT2D eigenvalue weighted by Crippen LogP contribution is 2.29. The van der Waals surface area contributed by atoms with E-state index in [-0.39, 0.29) is 4.90 Å². The van der Waals surface area contributed by atoms with Crippen molar-refractivity contribution >= 4 is 22.8 Å². The van der Waals surface area contributed by atoms with E-state index in [1.807, 2.05) is 0 Å². The van der Waals surface area contributed by atoms with Gasteiger partial charge in [0.05, 0.1) is 5.75 Å². The Morgan fingerprint density at radius 3 is 2.50 bits per heavy atom. The van der Waals surface area contributed by atoms with Crippen molar-refractivity contribution in [1.29, 1.82) is 0 Å². The molecule has 0 saturated carbocycles. The molecule has 0 aliphatic rings. The topological polar surface area (TPSA) is 37.3 Å². The van der Waals surface area contributed by atoms with Gasteiger partial charge in [0.25, 0.3) is 0 Å². The lowest BCUT2D eigenvalue weighted by Crippen LogP contribution is -2.25. The summed E-state index contributed by atoms with van der Waals surface area (Å²) in [5, 5.41) is -3.83. The van der Waals surface area contributed by atoms with Crippen molar-refractivity contribution in [2.24, 2.45) is 0 Å². The van der Waals surface area contributed by atoms with Gasteiger partial charge in [0.1, 0.15) is 11.6 Å². The molecule has 90 valence electrons. The average molecular weight is 274 g/mol. The zero-order valence-electron chi connectivity index (χ0n) is 7.62. The molecule has 1 unspecified atom stereocenters. The van der Waals surface area contributed by atoms with Crippen molar-refractivity contribution < 1.29 is 26.3 Å². The minimum atomic E-state index is -3.83. The molecule has 1 rings (SSSR count). The summed E-state index contributed by atoms with van der Waals surface area (Å²) in [5.41, 5.74) is 0. The second-order valence-electron chi connectivity index (χ2n) is 2.75. The van der Waals surface area contributed by atoms with Gasteiger partial charge in [-0.1, -0.05) is 0 Å². The molecule has 2 nitrogen and oxygen atoms in total. The monoisotopic (exact) mass is 274 g/mol. The molecule has 1 atom stereocenters. The molecule has 0 aliphatic carbocycles. The van der Waals surface area contributed by atoms with Crippen LogP contribution in [0.25, 0.3) is 0 Å². The quantitative estimate of drug-likeness (QED) is 0.521. The van der Waals surface area contributed by atoms with Gasteiger partial charge in [-0.25, -0.2) is 13.0 Å². The Hall–Kier alpha value is -0.600. The summed E-state index contributed by atoms with van der Waals surface area (Å²) >= 11 is -2.96. The molecule has 0 fully saturated rings. The first-order chi connectivity index (χ1) is 7.33. The summed E-state index contributed by atoms with van der Waals surface area (Å²) in [6.07, 6.45) is 0. The van der Waals surface area contributed by atoms with E-state index in [0.29, 0.717) is 17.8 Å². The lowest BCUT2D eigenvalue weighted by molar-refractivity contribution is 0.117. The molecule has 8 heteroatoms. The van der Waals surface area contributed by atoms with Crippen LogP contribution in [0.3, 0.4) is 0 Å². The van der Waals surface area contributed by atoms with Crippen LogP contribution in [-0.2, 0) is 11.1 Å². The smallest absolute Gasteiger partial charge is 0.301 e. The first-order valence-electron chi connectivity index (χ1n) is 3.89. The summed E-state index contributed by atoms with van der Waals surface area (Å²) in [6, 6.07) is 2.46. The summed E-state index contributed by atoms with van der Waals surface area (Å²) < 4.78 is 69.2. The van der Waals surface area contributed by atoms with Crippen LogP contribution in [0.15, 0.2) is 23.1 Å². The third-order valence-corrected chi connectivity index (χ3v) is 3.53. The highest BCUT2D eigenvalue weighted by molar-refractivity contribution is 8.00. The fraction of sp³-hybridized carbons (Fsp3) is 0.250. The molecular weight excluding hydrogens is 268 g/mol. The number of thioether (sulfide) groups is 1. The number of halogens is 4. The van der Waals surface area contributed by atoms with Crippen molar-refractivity contribution in [3.8, 4) is 0 Å². The second kappa shape index (κ2) is 5.15. The van der Waals surface area contributed by atoms with Crippen LogP contribution < -0.4 is 0 Å². The zero-order valence-corrected chi connectivity index (χ0v) is 9.26. The Labute approximate surface area is 95.3 Å². The molecule has 0 saturated heterocycles. The van der Waals surface area contributed by atoms with Crippen LogP contribution in [0.5, 0.6) is 0 Å². The second-order valence-corrected chi connectivity index (χ2v) is 4.86. The van der Waals surface area contributed by atoms with Gasteiger partial charge in [0.2, 0.25) is 11.1 Å². The third kappa shape index (κ3) is 3.46. The molecule has 1 aromatic carbocycles. The number of alkyl halides is 2. The number of hydrogen-bond donors (Lipinski definition) is 1. The van der Waals surface area contributed by atoms with Crippen molar-refractivity contribution in [2.75, 3.05) is 5.75 Å². The fourth-order valence-electron chi connectivity index (χ4n) is 0.804. The maximum absolute atomic E-state index is 13.0. The number of hydrogen-bond acceptors (Lipinski definition) is 2. The van der Waals surface area contributed by atoms with Gasteiger partial charge in [-0.05, 0) is 12.1 Å². The van der Waals surface area contributed by atoms with E-state index < -0.39 is 33.7 Å². The van der Waals surface area contributed by atoms with Crippen LogP contribution in [0.4, 0.5) is 17.6 Å². The van der Waals surface area contributed by atoms with Gasteiger partial charge >= 0.3 is 5.25 Å². The van der Waals surface area contributed by atoms with Gasteiger partial charge in [-0.2, -0.15) is 8.78 Å². The van der Waals surface area contributed by atoms with Gasteiger partial charge in [-0.3, -0.25) is 0 Å². The van der Waals surface area contributed by atoms with Crippen LogP contribution in [0.2, 0.25) is 0 Å². The summed E-state index contributed by atoms with van der Waals surface area (Å²) in [4.78, 5) is -0.202. The summed E-state index contributed by atoms with van der Waals surface area (Å²) in [6.45, 7) is 0. The van der Waals surface area contributed by atoms with Crippen LogP contribution >= 0.6 is 11.8 Å². The van der Waals surface area contributed by atoms with E-state index in [0.717, 1.165) is 12.1 Å². The van der Waals surface area contributed by atoms with E-state index in [1.165, 1.54) is 0 Å². The zero-order chi connectivity index (χ0) is 12.3. The molecule has 0 spiro atoms. The number of rotatable bonds is 4. The van der Waals surface area contributed by atoms with Crippen molar-refractivity contribution in [2.45, 2.75) is 10.2 Å². The highest BCUT2D eigenvalue weighted by atomic mass is 32.2. The molecule has 16 heavy (non-hydrogen) atoms. The molecule has 0 heterocycles. The number of benzene rings is 1. The van der Waals surface area contributed by atoms with Crippen LogP contribution in [0.1, 0.15) is 0 Å². The lowest BCUT2D eigenvalue weighted by Gasteiger charge is -2.11. The van der Waals surface area contributed by atoms with Gasteiger partial charge in [-0.15, -0.1) is 11.8 Å². The van der Waals surface area contributed by atoms with E-state index >= 15 is 0 Å².